The van der Waals surface area contributed by atoms with Crippen LogP contribution in [0.4, 0.5) is 31.1 Å². The van der Waals surface area contributed by atoms with Gasteiger partial charge in [0.25, 0.3) is 0 Å². The van der Waals surface area contributed by atoms with Gasteiger partial charge in [0, 0.05) is 13.0 Å². The number of carbonyl (C=O) groups excluding carboxylic acids is 4. The van der Waals surface area contributed by atoms with Crippen molar-refractivity contribution in [2.24, 2.45) is 22.7 Å². The monoisotopic (exact) mass is 1160 g/mol. The van der Waals surface area contributed by atoms with Crippen LogP contribution in [-0.4, -0.2) is 105 Å². The number of hydrogen-bond acceptors (Lipinski definition) is 12. The molecule has 5 N–H and O–H groups in total. The van der Waals surface area contributed by atoms with Crippen LogP contribution < -0.4 is 25.4 Å². The summed E-state index contributed by atoms with van der Waals surface area (Å²) in [5.41, 5.74) is 3.74. The number of hydrogen-bond donors (Lipinski definition) is 5. The molecule has 0 saturated heterocycles. The number of carboxylic acids is 2. The van der Waals surface area contributed by atoms with Crippen LogP contribution in [0.15, 0.2) is 36.4 Å². The van der Waals surface area contributed by atoms with Gasteiger partial charge in [-0.25, -0.2) is 14.4 Å². The molecule has 456 valence electrons. The minimum atomic E-state index is -5.08. The Morgan fingerprint density at radius 3 is 1.30 bits per heavy atom. The van der Waals surface area contributed by atoms with Gasteiger partial charge in [0.2, 0.25) is 0 Å². The van der Waals surface area contributed by atoms with E-state index in [0.717, 1.165) is 110 Å². The fraction of sp³-hybridized carbons (Fsp3) is 0.700. The molecule has 4 aliphatic rings. The van der Waals surface area contributed by atoms with Gasteiger partial charge in [-0.1, -0.05) is 90.2 Å². The number of aliphatic carboxylic acids is 2. The molecule has 0 unspecified atom stereocenters. The third-order valence-corrected chi connectivity index (χ3v) is 17.4. The molecule has 0 aliphatic heterocycles. The van der Waals surface area contributed by atoms with E-state index in [9.17, 15) is 45.5 Å². The topological polar surface area (TPSA) is 216 Å². The van der Waals surface area contributed by atoms with Crippen molar-refractivity contribution in [2.45, 2.75) is 199 Å². The highest BCUT2D eigenvalue weighted by Gasteiger charge is 2.57. The number of fused-ring (bicyclic) bond motifs is 6. The van der Waals surface area contributed by atoms with Crippen LogP contribution in [0.2, 0.25) is 0 Å². The molecule has 81 heavy (non-hydrogen) atoms. The summed E-state index contributed by atoms with van der Waals surface area (Å²) in [5, 5.41) is 24.2. The number of amides is 1. The van der Waals surface area contributed by atoms with E-state index in [-0.39, 0.29) is 40.6 Å². The second-order valence-corrected chi connectivity index (χ2v) is 23.1. The molecule has 6 rings (SSSR count). The van der Waals surface area contributed by atoms with Crippen LogP contribution in [0.3, 0.4) is 0 Å². The number of benzene rings is 2. The molecule has 0 spiro atoms. The maximum absolute atomic E-state index is 12.9. The molecule has 2 aromatic carbocycles. The molecule has 2 fully saturated rings. The van der Waals surface area contributed by atoms with E-state index in [4.69, 9.17) is 38.7 Å². The number of rotatable bonds is 25. The van der Waals surface area contributed by atoms with Crippen molar-refractivity contribution in [1.29, 1.82) is 0 Å². The lowest BCUT2D eigenvalue weighted by Crippen LogP contribution is -2.52. The molecule has 2 saturated carbocycles. The van der Waals surface area contributed by atoms with Crippen molar-refractivity contribution in [3.05, 3.63) is 58.7 Å². The van der Waals surface area contributed by atoms with E-state index in [0.29, 0.717) is 24.5 Å². The summed E-state index contributed by atoms with van der Waals surface area (Å²) >= 11 is 0. The molecule has 4 aliphatic carbocycles. The average molecular weight is 1160 g/mol. The number of carboxylic acid groups (broad SMARTS) is 2. The van der Waals surface area contributed by atoms with Crippen LogP contribution in [0.25, 0.3) is 0 Å². The van der Waals surface area contributed by atoms with Crippen LogP contribution in [0.5, 0.6) is 11.5 Å². The van der Waals surface area contributed by atoms with Crippen molar-refractivity contribution >= 4 is 35.9 Å². The number of esters is 3. The average Bonchev–Trinajstić information content (AvgIpc) is 3.61. The number of unbranched alkanes of at least 4 members (excludes halogenated alkanes) is 9. The first kappa shape index (κ1) is 68.1. The Morgan fingerprint density at radius 2 is 0.901 bits per heavy atom. The van der Waals surface area contributed by atoms with Gasteiger partial charge in [0.05, 0.1) is 25.0 Å². The minimum absolute atomic E-state index is 0.104. The van der Waals surface area contributed by atoms with Crippen molar-refractivity contribution in [3.8, 4) is 11.5 Å². The van der Waals surface area contributed by atoms with Crippen molar-refractivity contribution in [3.63, 3.8) is 0 Å². The van der Waals surface area contributed by atoms with Crippen LogP contribution in [-0.2, 0) is 57.1 Å². The quantitative estimate of drug-likeness (QED) is 0.0271. The number of carbonyl (C=O) groups is 6. The van der Waals surface area contributed by atoms with Gasteiger partial charge < -0.3 is 45.1 Å². The van der Waals surface area contributed by atoms with Gasteiger partial charge >= 0.3 is 48.3 Å². The van der Waals surface area contributed by atoms with Crippen molar-refractivity contribution in [2.75, 3.05) is 46.9 Å². The first-order valence-corrected chi connectivity index (χ1v) is 28.8. The van der Waals surface area contributed by atoms with Gasteiger partial charge in [-0.15, -0.1) is 0 Å². The summed E-state index contributed by atoms with van der Waals surface area (Å²) in [4.78, 5) is 69.0. The highest BCUT2D eigenvalue weighted by Crippen LogP contribution is 2.59. The largest absolute Gasteiger partial charge is 0.490 e. The van der Waals surface area contributed by atoms with E-state index in [2.05, 4.69) is 61.8 Å². The Labute approximate surface area is 473 Å². The smallest absolute Gasteiger partial charge is 0.475 e. The zero-order chi connectivity index (χ0) is 60.1. The van der Waals surface area contributed by atoms with Gasteiger partial charge in [-0.05, 0) is 186 Å². The number of alkyl halides is 6. The fourth-order valence-corrected chi connectivity index (χ4v) is 13.2. The second-order valence-electron chi connectivity index (χ2n) is 23.1. The van der Waals surface area contributed by atoms with E-state index in [1.54, 1.807) is 0 Å². The van der Waals surface area contributed by atoms with Crippen molar-refractivity contribution in [1.82, 2.24) is 16.0 Å². The molecule has 1 amide bonds. The Morgan fingerprint density at radius 1 is 0.531 bits per heavy atom. The predicted octanol–water partition coefficient (Wildman–Crippen LogP) is 12.3. The van der Waals surface area contributed by atoms with Gasteiger partial charge in [0.15, 0.2) is 0 Å². The number of halogens is 6. The summed E-state index contributed by atoms with van der Waals surface area (Å²) in [6.45, 7) is 12.9. The standard InChI is InChI=1S/C56H85N3O8.2C2HF3O2/c1-53-30-18-32-55(3,50(61)64-5)47(53)28-24-41-22-26-43(39-45(41)53)66-49(60)21-17-36-57-34-15-13-11-9-7-8-10-12-14-16-35-58-37-20-38-59-52(63)67-44-27-23-42-25-29-48-54(2,46(42)40-44)31-19-33-56(48,4)51(62)65-6;2*3-2(4,5)1(6)7/h22-23,26-27,39-40,47-48,57-58H,7-21,24-25,28-38H2,1-6H3,(H,59,63);2*(H,6,7)/t47-,48-,53-,54-,55+,56+;;/m1../s1. The van der Waals surface area contributed by atoms with Crippen LogP contribution in [0, 0.1) is 22.7 Å². The van der Waals surface area contributed by atoms with Crippen LogP contribution in [0.1, 0.15) is 185 Å². The third kappa shape index (κ3) is 19.3. The fourth-order valence-electron chi connectivity index (χ4n) is 13.2. The highest BCUT2D eigenvalue weighted by atomic mass is 19.4. The van der Waals surface area contributed by atoms with E-state index >= 15 is 0 Å². The van der Waals surface area contributed by atoms with E-state index in [1.807, 2.05) is 18.2 Å². The van der Waals surface area contributed by atoms with Crippen LogP contribution >= 0.6 is 0 Å². The molecule has 0 aromatic heterocycles. The lowest BCUT2D eigenvalue weighted by atomic mass is 9.50. The van der Waals surface area contributed by atoms with E-state index < -0.39 is 41.2 Å². The Hall–Kier alpha value is -5.44. The minimum Gasteiger partial charge on any atom is -0.475 e. The molecular formula is C60H87F6N3O12. The summed E-state index contributed by atoms with van der Waals surface area (Å²) in [5.74, 6) is -4.36. The second kappa shape index (κ2) is 31.3. The Kier molecular flexibility index (Phi) is 26.3. The molecule has 2 aromatic rings. The van der Waals surface area contributed by atoms with Gasteiger partial charge in [-0.2, -0.15) is 26.3 Å². The van der Waals surface area contributed by atoms with Crippen molar-refractivity contribution < 1.29 is 84.3 Å². The molecule has 0 heterocycles. The van der Waals surface area contributed by atoms with Gasteiger partial charge in [0.1, 0.15) is 11.5 Å². The SMILES string of the molecule is COC(=O)[C@@]1(C)CCC[C@]2(C)c3cc(OC(=O)CCCNCCCCCCCCCCCCNCCCNC(=O)Oc4ccc5c(c4)[C@@]4(C)CCC[C@](C)(C(=O)OC)[C@@H]4CC5)ccc3CC[C@@H]12.O=C(O)C(F)(F)F.O=C(O)C(F)(F)F. The number of methoxy groups -OCH3 is 2. The molecule has 6 atom stereocenters. The summed E-state index contributed by atoms with van der Waals surface area (Å²) < 4.78 is 85.6. The molecule has 15 nitrogen and oxygen atoms in total. The Bertz CT molecular complexity index is 2240. The number of aryl methyl sites for hydroxylation is 2. The molecular weight excluding hydrogens is 1070 g/mol. The lowest BCUT2D eigenvalue weighted by molar-refractivity contribution is -0.193. The van der Waals surface area contributed by atoms with Gasteiger partial charge in [-0.3, -0.25) is 14.4 Å². The first-order chi connectivity index (χ1) is 38.2. The first-order valence-electron chi connectivity index (χ1n) is 28.8. The lowest BCUT2D eigenvalue weighted by Gasteiger charge is -2.54. The molecule has 0 radical (unpaired) electrons. The molecule has 21 heteroatoms. The normalized spacial score (nSPS) is 23.7. The maximum atomic E-state index is 12.9. The molecule has 0 bridgehead atoms. The highest BCUT2D eigenvalue weighted by molar-refractivity contribution is 5.78. The maximum Gasteiger partial charge on any atom is 0.490 e. The third-order valence-electron chi connectivity index (χ3n) is 17.4. The zero-order valence-electron chi connectivity index (χ0n) is 48.2. The Balaban J connectivity index is 0.000000891. The summed E-state index contributed by atoms with van der Waals surface area (Å²) in [6.07, 6.45) is 13.5. The zero-order valence-corrected chi connectivity index (χ0v) is 48.2. The number of ether oxygens (including phenoxy) is 4. The summed E-state index contributed by atoms with van der Waals surface area (Å²) in [6, 6.07) is 12.1. The van der Waals surface area contributed by atoms with E-state index in [1.165, 1.54) is 94.3 Å². The number of nitrogens with one attached hydrogen (secondary N) is 3. The predicted molar refractivity (Wildman–Crippen MR) is 292 cm³/mol. The summed E-state index contributed by atoms with van der Waals surface area (Å²) in [7, 11) is 2.99.